The van der Waals surface area contributed by atoms with Crippen LogP contribution in [-0.2, 0) is 16.0 Å². The number of hydrogen-bond donors (Lipinski definition) is 3. The number of aromatic nitrogens is 1. The van der Waals surface area contributed by atoms with Gasteiger partial charge in [-0.05, 0) is 38.3 Å². The van der Waals surface area contributed by atoms with E-state index >= 15 is 0 Å². The molecule has 0 fully saturated rings. The van der Waals surface area contributed by atoms with Crippen LogP contribution in [0.3, 0.4) is 0 Å². The smallest absolute Gasteiger partial charge is 0.309 e. The number of aryl methyl sites for hydroxylation is 1. The molecule has 0 saturated carbocycles. The highest BCUT2D eigenvalue weighted by molar-refractivity contribution is 5.84. The Morgan fingerprint density at radius 1 is 1.27 bits per heavy atom. The number of carbonyl (C=O) groups excluding carboxylic acids is 1. The molecule has 0 aliphatic rings. The lowest BCUT2D eigenvalue weighted by Gasteiger charge is -2.18. The topological polar surface area (TPSA) is 82.2 Å². The van der Waals surface area contributed by atoms with Crippen molar-refractivity contribution in [3.05, 3.63) is 36.0 Å². The summed E-state index contributed by atoms with van der Waals surface area (Å²) in [7, 11) is 0. The van der Waals surface area contributed by atoms with E-state index in [1.807, 2.05) is 30.5 Å². The molecule has 1 aromatic heterocycles. The number of aromatic amines is 1. The summed E-state index contributed by atoms with van der Waals surface area (Å²) < 4.78 is 0. The lowest BCUT2D eigenvalue weighted by Crippen LogP contribution is -2.32. The fraction of sp³-hybridized carbons (Fsp3) is 0.412. The number of aliphatic carboxylic acids is 1. The van der Waals surface area contributed by atoms with Gasteiger partial charge in [0.1, 0.15) is 0 Å². The van der Waals surface area contributed by atoms with Gasteiger partial charge in [-0.1, -0.05) is 18.2 Å². The maximum absolute atomic E-state index is 11.9. The first kappa shape index (κ1) is 16.1. The maximum Gasteiger partial charge on any atom is 0.309 e. The van der Waals surface area contributed by atoms with E-state index in [1.54, 1.807) is 13.8 Å². The van der Waals surface area contributed by atoms with Crippen molar-refractivity contribution in [3.8, 4) is 0 Å². The number of para-hydroxylation sites is 1. The summed E-state index contributed by atoms with van der Waals surface area (Å²) >= 11 is 0. The predicted octanol–water partition coefficient (Wildman–Crippen LogP) is 2.72. The molecule has 5 nitrogen and oxygen atoms in total. The molecular weight excluding hydrogens is 280 g/mol. The number of H-pyrrole nitrogens is 1. The Morgan fingerprint density at radius 2 is 2.00 bits per heavy atom. The number of benzene rings is 1. The van der Waals surface area contributed by atoms with E-state index in [0.717, 1.165) is 16.5 Å². The van der Waals surface area contributed by atoms with Gasteiger partial charge in [-0.2, -0.15) is 0 Å². The summed E-state index contributed by atoms with van der Waals surface area (Å²) in [6.07, 6.45) is 3.42. The Hall–Kier alpha value is -2.30. The molecule has 0 radical (unpaired) electrons. The molecule has 0 saturated heterocycles. The van der Waals surface area contributed by atoms with Crippen LogP contribution in [0.2, 0.25) is 0 Å². The molecule has 0 atom stereocenters. The zero-order valence-electron chi connectivity index (χ0n) is 13.0. The first-order valence-corrected chi connectivity index (χ1v) is 7.45. The molecule has 22 heavy (non-hydrogen) atoms. The second-order valence-corrected chi connectivity index (χ2v) is 6.15. The third-order valence-corrected chi connectivity index (χ3v) is 3.95. The summed E-state index contributed by atoms with van der Waals surface area (Å²) in [5.74, 6) is -0.896. The third-order valence-electron chi connectivity index (χ3n) is 3.95. The highest BCUT2D eigenvalue weighted by Crippen LogP contribution is 2.20. The van der Waals surface area contributed by atoms with Crippen LogP contribution in [0, 0.1) is 5.41 Å². The van der Waals surface area contributed by atoms with Gasteiger partial charge in [-0.25, -0.2) is 0 Å². The van der Waals surface area contributed by atoms with Gasteiger partial charge < -0.3 is 15.4 Å². The standard InChI is InChI=1S/C17H22N2O3/c1-17(2,16(21)22)9-10-18-15(20)8-7-12-11-19-14-6-4-3-5-13(12)14/h3-6,11,19H,7-10H2,1-2H3,(H,18,20)(H,21,22). The summed E-state index contributed by atoms with van der Waals surface area (Å²) in [6.45, 7) is 3.70. The van der Waals surface area contributed by atoms with E-state index in [0.29, 0.717) is 25.8 Å². The molecule has 2 aromatic rings. The van der Waals surface area contributed by atoms with Gasteiger partial charge in [0.2, 0.25) is 5.91 Å². The molecule has 0 unspecified atom stereocenters. The van der Waals surface area contributed by atoms with Gasteiger partial charge in [-0.15, -0.1) is 0 Å². The average Bonchev–Trinajstić information content (AvgIpc) is 2.88. The van der Waals surface area contributed by atoms with Gasteiger partial charge in [0.25, 0.3) is 0 Å². The molecule has 1 aromatic carbocycles. The minimum absolute atomic E-state index is 0.0496. The molecule has 118 valence electrons. The number of hydrogen-bond acceptors (Lipinski definition) is 2. The predicted molar refractivity (Wildman–Crippen MR) is 85.7 cm³/mol. The lowest BCUT2D eigenvalue weighted by molar-refractivity contribution is -0.147. The minimum atomic E-state index is -0.847. The molecule has 0 aliphatic carbocycles. The minimum Gasteiger partial charge on any atom is -0.481 e. The first-order chi connectivity index (χ1) is 10.4. The zero-order valence-corrected chi connectivity index (χ0v) is 13.0. The van der Waals surface area contributed by atoms with Crippen molar-refractivity contribution in [1.29, 1.82) is 0 Å². The Kier molecular flexibility index (Phi) is 4.85. The van der Waals surface area contributed by atoms with Crippen LogP contribution < -0.4 is 5.32 Å². The quantitative estimate of drug-likeness (QED) is 0.735. The van der Waals surface area contributed by atoms with E-state index in [1.165, 1.54) is 0 Å². The number of carboxylic acids is 1. The molecule has 3 N–H and O–H groups in total. The van der Waals surface area contributed by atoms with E-state index in [4.69, 9.17) is 5.11 Å². The zero-order chi connectivity index (χ0) is 16.2. The number of rotatable bonds is 7. The fourth-order valence-electron chi connectivity index (χ4n) is 2.30. The summed E-state index contributed by atoms with van der Waals surface area (Å²) in [6, 6.07) is 7.99. The SMILES string of the molecule is CC(C)(CCNC(=O)CCc1c[nH]c2ccccc12)C(=O)O. The molecule has 0 bridgehead atoms. The van der Waals surface area contributed by atoms with Crippen molar-refractivity contribution in [2.75, 3.05) is 6.54 Å². The summed E-state index contributed by atoms with van der Waals surface area (Å²) in [4.78, 5) is 26.0. The van der Waals surface area contributed by atoms with Crippen LogP contribution >= 0.6 is 0 Å². The summed E-state index contributed by atoms with van der Waals surface area (Å²) in [5, 5.41) is 13.0. The summed E-state index contributed by atoms with van der Waals surface area (Å²) in [5.41, 5.74) is 1.38. The van der Waals surface area contributed by atoms with E-state index in [2.05, 4.69) is 10.3 Å². The van der Waals surface area contributed by atoms with Crippen molar-refractivity contribution in [2.45, 2.75) is 33.1 Å². The number of carbonyl (C=O) groups is 2. The fourth-order valence-corrected chi connectivity index (χ4v) is 2.30. The van der Waals surface area contributed by atoms with Crippen LogP contribution in [0.1, 0.15) is 32.3 Å². The Labute approximate surface area is 129 Å². The van der Waals surface area contributed by atoms with Gasteiger partial charge in [-0.3, -0.25) is 9.59 Å². The van der Waals surface area contributed by atoms with Crippen molar-refractivity contribution < 1.29 is 14.7 Å². The monoisotopic (exact) mass is 302 g/mol. The van der Waals surface area contributed by atoms with Gasteiger partial charge >= 0.3 is 5.97 Å². The first-order valence-electron chi connectivity index (χ1n) is 7.45. The molecule has 0 aliphatic heterocycles. The highest BCUT2D eigenvalue weighted by atomic mass is 16.4. The van der Waals surface area contributed by atoms with Crippen LogP contribution in [-0.4, -0.2) is 28.5 Å². The van der Waals surface area contributed by atoms with Crippen molar-refractivity contribution in [3.63, 3.8) is 0 Å². The number of carboxylic acid groups (broad SMARTS) is 1. The van der Waals surface area contributed by atoms with E-state index < -0.39 is 11.4 Å². The molecule has 0 spiro atoms. The third kappa shape index (κ3) is 3.87. The van der Waals surface area contributed by atoms with Crippen LogP contribution in [0.15, 0.2) is 30.5 Å². The van der Waals surface area contributed by atoms with Gasteiger partial charge in [0.05, 0.1) is 5.41 Å². The number of fused-ring (bicyclic) bond motifs is 1. The molecule has 1 heterocycles. The van der Waals surface area contributed by atoms with Crippen LogP contribution in [0.4, 0.5) is 0 Å². The molecule has 2 rings (SSSR count). The average molecular weight is 302 g/mol. The van der Waals surface area contributed by atoms with Crippen molar-refractivity contribution >= 4 is 22.8 Å². The highest BCUT2D eigenvalue weighted by Gasteiger charge is 2.26. The van der Waals surface area contributed by atoms with Crippen LogP contribution in [0.25, 0.3) is 10.9 Å². The second kappa shape index (κ2) is 6.64. The lowest BCUT2D eigenvalue weighted by atomic mass is 9.90. The van der Waals surface area contributed by atoms with Crippen molar-refractivity contribution in [1.82, 2.24) is 10.3 Å². The number of amides is 1. The number of nitrogens with one attached hydrogen (secondary N) is 2. The normalized spacial score (nSPS) is 11.5. The maximum atomic E-state index is 11.9. The second-order valence-electron chi connectivity index (χ2n) is 6.15. The molecule has 5 heteroatoms. The Bertz CT molecular complexity index is 673. The molecule has 1 amide bonds. The van der Waals surface area contributed by atoms with Gasteiger partial charge in [0.15, 0.2) is 0 Å². The Balaban J connectivity index is 1.80. The Morgan fingerprint density at radius 3 is 2.73 bits per heavy atom. The van der Waals surface area contributed by atoms with Crippen LogP contribution in [0.5, 0.6) is 0 Å². The molecular formula is C17H22N2O3. The van der Waals surface area contributed by atoms with E-state index in [9.17, 15) is 9.59 Å². The largest absolute Gasteiger partial charge is 0.481 e. The van der Waals surface area contributed by atoms with Gasteiger partial charge in [0, 0.05) is 30.1 Å². The van der Waals surface area contributed by atoms with E-state index in [-0.39, 0.29) is 5.91 Å². The van der Waals surface area contributed by atoms with Crippen molar-refractivity contribution in [2.24, 2.45) is 5.41 Å².